The van der Waals surface area contributed by atoms with Crippen molar-refractivity contribution in [3.63, 3.8) is 0 Å². The molecule has 0 unspecified atom stereocenters. The van der Waals surface area contributed by atoms with E-state index < -0.39 is 6.56 Å². The molecule has 0 aliphatic carbocycles. The minimum absolute atomic E-state index is 1.84. The van der Waals surface area contributed by atoms with Gasteiger partial charge in [-0.2, -0.15) is 0 Å². The Morgan fingerprint density at radius 1 is 2.20 bits per heavy atom. The summed E-state index contributed by atoms with van der Waals surface area (Å²) >= 11 is 2.62. The third-order valence-corrected chi connectivity index (χ3v) is 0.301. The summed E-state index contributed by atoms with van der Waals surface area (Å²) in [5, 5.41) is 8.15. The van der Waals surface area contributed by atoms with E-state index in [0.29, 0.717) is 0 Å². The van der Waals surface area contributed by atoms with Gasteiger partial charge in [0.2, 0.25) is 0 Å². The minimum atomic E-state index is -2.36. The molecule has 0 saturated carbocycles. The van der Waals surface area contributed by atoms with Crippen LogP contribution in [0.2, 0.25) is 0 Å². The molecule has 0 aliphatic heterocycles. The molecule has 0 aromatic heterocycles. The maximum atomic E-state index is 8.15. The largest absolute Gasteiger partial charge is 0.384 e. The van der Waals surface area contributed by atoms with Crippen molar-refractivity contribution in [3.8, 4) is 10.8 Å². The predicted molar refractivity (Wildman–Crippen MR) is 23.8 cm³/mol. The van der Waals surface area contributed by atoms with Gasteiger partial charge in [-0.15, -0.1) is 0 Å². The first kappa shape index (κ1) is 2.22. The van der Waals surface area contributed by atoms with Gasteiger partial charge in [-0.05, 0) is 4.83 Å². The number of hydrogen-bond acceptors (Lipinski definition) is 1. The van der Waals surface area contributed by atoms with E-state index in [1.165, 1.54) is 0 Å². The van der Waals surface area contributed by atoms with E-state index in [1.54, 1.807) is 0 Å². The highest BCUT2D eigenvalue weighted by Crippen LogP contribution is 1.64. The van der Waals surface area contributed by atoms with Gasteiger partial charge in [0.1, 0.15) is 6.56 Å². The Labute approximate surface area is 41.9 Å². The smallest absolute Gasteiger partial charge is 0.105 e. The lowest BCUT2D eigenvalue weighted by molar-refractivity contribution is 0.351. The fourth-order valence-corrected chi connectivity index (χ4v) is 0.110. The van der Waals surface area contributed by atoms with Crippen molar-refractivity contribution < 1.29 is 7.85 Å². The fraction of sp³-hybridized carbons (Fsp3) is 0.333. The van der Waals surface area contributed by atoms with Crippen LogP contribution in [-0.2, 0) is 0 Å². The van der Waals surface area contributed by atoms with E-state index in [9.17, 15) is 0 Å². The molecule has 0 saturated heterocycles. The van der Waals surface area contributed by atoms with Gasteiger partial charge in [0.05, 0.1) is 2.74 Å². The second kappa shape index (κ2) is 4.00. The molecule has 0 atom stereocenters. The third kappa shape index (κ3) is 4.00. The van der Waals surface area contributed by atoms with Crippen LogP contribution < -0.4 is 0 Å². The molecule has 0 amide bonds. The molecule has 0 fully saturated rings. The first-order valence-electron chi connectivity index (χ1n) is 1.91. The van der Waals surface area contributed by atoms with Crippen LogP contribution in [-0.4, -0.2) is 11.7 Å². The van der Waals surface area contributed by atoms with Crippen molar-refractivity contribution >= 4 is 15.9 Å². The predicted octanol–water partition coefficient (Wildman–Crippen LogP) is 0.335. The average molecular weight is 137 g/mol. The lowest BCUT2D eigenvalue weighted by atomic mass is 10.8. The van der Waals surface area contributed by atoms with Crippen LogP contribution in [0.3, 0.4) is 0 Å². The van der Waals surface area contributed by atoms with Crippen LogP contribution in [0.5, 0.6) is 0 Å². The van der Waals surface area contributed by atoms with Crippen molar-refractivity contribution in [2.75, 3.05) is 6.56 Å². The number of halogens is 1. The van der Waals surface area contributed by atoms with Crippen LogP contribution in [0.1, 0.15) is 2.74 Å². The summed E-state index contributed by atoms with van der Waals surface area (Å²) in [6.07, 6.45) is 0. The van der Waals surface area contributed by atoms with Gasteiger partial charge in [0, 0.05) is 15.9 Å². The molecule has 0 radical (unpaired) electrons. The number of aliphatic hydroxyl groups is 1. The van der Waals surface area contributed by atoms with Gasteiger partial charge in [0.15, 0.2) is 0 Å². The molecule has 0 bridgehead atoms. The maximum Gasteiger partial charge on any atom is 0.105 e. The normalized spacial score (nSPS) is 14.0. The van der Waals surface area contributed by atoms with E-state index in [-0.39, 0.29) is 0 Å². The summed E-state index contributed by atoms with van der Waals surface area (Å²) < 4.78 is 12.7. The van der Waals surface area contributed by atoms with Crippen LogP contribution in [0, 0.1) is 10.8 Å². The van der Waals surface area contributed by atoms with Gasteiger partial charge >= 0.3 is 0 Å². The zero-order valence-electron chi connectivity index (χ0n) is 4.33. The van der Waals surface area contributed by atoms with Crippen molar-refractivity contribution in [1.82, 2.24) is 0 Å². The fourth-order valence-electron chi connectivity index (χ4n) is 0.0211. The Hall–Kier alpha value is 0. The highest BCUT2D eigenvalue weighted by molar-refractivity contribution is 9.12. The van der Waals surface area contributed by atoms with Crippen molar-refractivity contribution in [2.24, 2.45) is 0 Å². The Kier molecular flexibility index (Phi) is 1.78. The summed E-state index contributed by atoms with van der Waals surface area (Å²) in [6, 6.07) is 0. The van der Waals surface area contributed by atoms with Gasteiger partial charge in [-0.3, -0.25) is 0 Å². The number of hydrogen-bond donors (Lipinski definition) is 1. The number of rotatable bonds is 0. The summed E-state index contributed by atoms with van der Waals surface area (Å²) in [4.78, 5) is 2.05. The molecule has 28 valence electrons. The minimum Gasteiger partial charge on any atom is -0.384 e. The molecule has 1 N–H and O–H groups in total. The van der Waals surface area contributed by atoms with Crippen LogP contribution in [0.25, 0.3) is 0 Å². The van der Waals surface area contributed by atoms with Crippen molar-refractivity contribution in [2.45, 2.75) is 0 Å². The lowest BCUT2D eigenvalue weighted by Crippen LogP contribution is -1.65. The van der Waals surface area contributed by atoms with E-state index in [2.05, 4.69) is 15.9 Å². The lowest BCUT2D eigenvalue weighted by Gasteiger charge is -1.58. The quantitative estimate of drug-likeness (QED) is 0.477. The Balaban J connectivity index is 3.72. The molecule has 0 rings (SSSR count). The van der Waals surface area contributed by atoms with Gasteiger partial charge < -0.3 is 5.11 Å². The first-order chi connectivity index (χ1) is 3.06. The molecule has 5 heavy (non-hydrogen) atoms. The molecule has 0 aromatic rings. The van der Waals surface area contributed by atoms with Gasteiger partial charge in [-0.25, -0.2) is 0 Å². The summed E-state index contributed by atoms with van der Waals surface area (Å²) in [5.41, 5.74) is 0. The zero-order chi connectivity index (χ0) is 5.91. The highest BCUT2D eigenvalue weighted by atomic mass is 79.9. The molecule has 0 heterocycles. The zero-order valence-corrected chi connectivity index (χ0v) is 3.91. The highest BCUT2D eigenvalue weighted by Gasteiger charge is 1.50. The molecular formula is C3H3BrO. The van der Waals surface area contributed by atoms with Gasteiger partial charge in [-0.1, -0.05) is 5.92 Å². The monoisotopic (exact) mass is 136 g/mol. The van der Waals surface area contributed by atoms with Gasteiger partial charge in [0.25, 0.3) is 0 Å². The van der Waals surface area contributed by atoms with E-state index in [1.807, 2.05) is 10.8 Å². The van der Waals surface area contributed by atoms with Crippen molar-refractivity contribution in [1.29, 1.82) is 0 Å². The maximum absolute atomic E-state index is 8.15. The van der Waals surface area contributed by atoms with Crippen molar-refractivity contribution in [3.05, 3.63) is 0 Å². The third-order valence-electron chi connectivity index (χ3n) is 0.103. The SMILES string of the molecule is [2H]C([2H])(O)C#CBr. The Bertz CT molecular complexity index is 106. The summed E-state index contributed by atoms with van der Waals surface area (Å²) in [7, 11) is 0. The molecule has 0 aromatic carbocycles. The molecule has 1 nitrogen and oxygen atoms in total. The van der Waals surface area contributed by atoms with E-state index in [4.69, 9.17) is 7.85 Å². The standard InChI is InChI=1S/C3H3BrO/c4-2-1-3-5/h5H,3H2/i3D2. The molecular weight excluding hydrogens is 132 g/mol. The second-order valence-electron chi connectivity index (χ2n) is 0.331. The Morgan fingerprint density at radius 3 is 2.80 bits per heavy atom. The average Bonchev–Trinajstić information content (AvgIpc) is 1.30. The topological polar surface area (TPSA) is 20.2 Å². The van der Waals surface area contributed by atoms with Crippen LogP contribution in [0.15, 0.2) is 0 Å². The summed E-state index contributed by atoms with van der Waals surface area (Å²) in [6.45, 7) is -2.36. The van der Waals surface area contributed by atoms with Crippen LogP contribution >= 0.6 is 15.9 Å². The Morgan fingerprint density at radius 2 is 2.80 bits per heavy atom. The second-order valence-corrected chi connectivity index (χ2v) is 0.728. The van der Waals surface area contributed by atoms with Crippen LogP contribution in [0.4, 0.5) is 0 Å². The van der Waals surface area contributed by atoms with E-state index >= 15 is 0 Å². The first-order valence-corrected chi connectivity index (χ1v) is 1.71. The molecule has 0 spiro atoms. The van der Waals surface area contributed by atoms with E-state index in [0.717, 1.165) is 0 Å². The molecule has 2 heteroatoms. The molecule has 0 aliphatic rings. The summed E-state index contributed by atoms with van der Waals surface area (Å²) in [5.74, 6) is 1.84.